The van der Waals surface area contributed by atoms with Gasteiger partial charge in [0.25, 0.3) is 0 Å². The maximum absolute atomic E-state index is 8.66. The van der Waals surface area contributed by atoms with Gasteiger partial charge in [-0.1, -0.05) is 0 Å². The number of nitriles is 1. The molecule has 1 aromatic carbocycles. The molecule has 3 heteroatoms. The number of anilines is 1. The van der Waals surface area contributed by atoms with Crippen LogP contribution in [-0.4, -0.2) is 19.6 Å². The van der Waals surface area contributed by atoms with Gasteiger partial charge in [-0.3, -0.25) is 0 Å². The van der Waals surface area contributed by atoms with E-state index in [1.54, 1.807) is 0 Å². The van der Waals surface area contributed by atoms with Crippen molar-refractivity contribution in [1.82, 2.24) is 5.32 Å². The lowest BCUT2D eigenvalue weighted by atomic mass is 10.2. The Morgan fingerprint density at radius 3 is 2.64 bits per heavy atom. The van der Waals surface area contributed by atoms with E-state index in [2.05, 4.69) is 22.8 Å². The summed E-state index contributed by atoms with van der Waals surface area (Å²) in [6.07, 6.45) is 0. The van der Waals surface area contributed by atoms with E-state index in [1.165, 1.54) is 0 Å². The standard InChI is InChI=1S/C11H12N3/c12-9-10-1-3-11(4-2-10)14-7-5-13-6-8-14/h1-4,7,13H,5-6,8H2. The molecule has 0 bridgehead atoms. The minimum absolute atomic E-state index is 0.712. The fraction of sp³-hybridized carbons (Fsp3) is 0.273. The molecule has 0 atom stereocenters. The number of nitrogens with one attached hydrogen (secondary N) is 1. The number of nitrogens with zero attached hydrogens (tertiary/aromatic N) is 2. The number of hydrogen-bond acceptors (Lipinski definition) is 3. The van der Waals surface area contributed by atoms with Crippen LogP contribution < -0.4 is 10.2 Å². The third kappa shape index (κ3) is 1.86. The molecule has 0 amide bonds. The number of benzene rings is 1. The Balaban J connectivity index is 2.12. The second kappa shape index (κ2) is 4.12. The molecule has 0 aromatic heterocycles. The SMILES string of the molecule is N#Cc1ccc(N2[CH]CNCC2)cc1. The van der Waals surface area contributed by atoms with Crippen molar-refractivity contribution in [2.24, 2.45) is 0 Å². The third-order valence-corrected chi connectivity index (χ3v) is 2.31. The lowest BCUT2D eigenvalue weighted by Crippen LogP contribution is -2.39. The Morgan fingerprint density at radius 2 is 2.07 bits per heavy atom. The van der Waals surface area contributed by atoms with Crippen molar-refractivity contribution in [1.29, 1.82) is 5.26 Å². The maximum Gasteiger partial charge on any atom is 0.0991 e. The zero-order chi connectivity index (χ0) is 9.80. The van der Waals surface area contributed by atoms with Gasteiger partial charge in [-0.05, 0) is 24.3 Å². The van der Waals surface area contributed by atoms with Crippen molar-refractivity contribution >= 4 is 5.69 Å². The Morgan fingerprint density at radius 1 is 1.29 bits per heavy atom. The number of rotatable bonds is 1. The van der Waals surface area contributed by atoms with E-state index < -0.39 is 0 Å². The summed E-state index contributed by atoms with van der Waals surface area (Å²) in [5, 5.41) is 11.9. The molecule has 2 rings (SSSR count). The molecule has 1 saturated heterocycles. The smallest absolute Gasteiger partial charge is 0.0991 e. The molecular formula is C11H12N3. The topological polar surface area (TPSA) is 39.1 Å². The average molecular weight is 186 g/mol. The van der Waals surface area contributed by atoms with E-state index in [1.807, 2.05) is 24.3 Å². The molecular weight excluding hydrogens is 174 g/mol. The molecule has 1 aromatic rings. The van der Waals surface area contributed by atoms with Gasteiger partial charge in [0, 0.05) is 25.3 Å². The third-order valence-electron chi connectivity index (χ3n) is 2.31. The highest BCUT2D eigenvalue weighted by atomic mass is 15.2. The van der Waals surface area contributed by atoms with Gasteiger partial charge in [-0.2, -0.15) is 5.26 Å². The van der Waals surface area contributed by atoms with Crippen molar-refractivity contribution in [3.63, 3.8) is 0 Å². The predicted octanol–water partition coefficient (Wildman–Crippen LogP) is 1.13. The van der Waals surface area contributed by atoms with E-state index in [9.17, 15) is 0 Å². The van der Waals surface area contributed by atoms with E-state index in [0.717, 1.165) is 25.3 Å². The van der Waals surface area contributed by atoms with Crippen LogP contribution in [0.4, 0.5) is 5.69 Å². The van der Waals surface area contributed by atoms with Crippen molar-refractivity contribution < 1.29 is 0 Å². The van der Waals surface area contributed by atoms with Gasteiger partial charge in [0.1, 0.15) is 0 Å². The minimum atomic E-state index is 0.712. The summed E-state index contributed by atoms with van der Waals surface area (Å²) in [5.74, 6) is 0. The average Bonchev–Trinajstić information content (AvgIpc) is 2.30. The number of piperazine rings is 1. The van der Waals surface area contributed by atoms with Gasteiger partial charge in [0.15, 0.2) is 0 Å². The van der Waals surface area contributed by atoms with Crippen molar-refractivity contribution in [2.45, 2.75) is 0 Å². The zero-order valence-corrected chi connectivity index (χ0v) is 7.90. The lowest BCUT2D eigenvalue weighted by molar-refractivity contribution is 0.640. The molecule has 1 fully saturated rings. The molecule has 0 aliphatic carbocycles. The Hall–Kier alpha value is -1.53. The van der Waals surface area contributed by atoms with Crippen LogP contribution in [0.3, 0.4) is 0 Å². The number of hydrogen-bond donors (Lipinski definition) is 1. The molecule has 0 spiro atoms. The van der Waals surface area contributed by atoms with Gasteiger partial charge in [0.05, 0.1) is 18.2 Å². The first-order valence-corrected chi connectivity index (χ1v) is 4.71. The molecule has 71 valence electrons. The van der Waals surface area contributed by atoms with Gasteiger partial charge in [0.2, 0.25) is 0 Å². The molecule has 3 nitrogen and oxygen atoms in total. The van der Waals surface area contributed by atoms with Gasteiger partial charge in [-0.15, -0.1) is 0 Å². The van der Waals surface area contributed by atoms with Crippen LogP contribution in [0.5, 0.6) is 0 Å². The summed E-state index contributed by atoms with van der Waals surface area (Å²) in [6.45, 7) is 5.05. The van der Waals surface area contributed by atoms with E-state index >= 15 is 0 Å². The van der Waals surface area contributed by atoms with Crippen molar-refractivity contribution in [3.8, 4) is 6.07 Å². The highest BCUT2D eigenvalue weighted by molar-refractivity contribution is 5.51. The van der Waals surface area contributed by atoms with E-state index in [4.69, 9.17) is 5.26 Å². The van der Waals surface area contributed by atoms with Crippen molar-refractivity contribution in [2.75, 3.05) is 24.5 Å². The highest BCUT2D eigenvalue weighted by Gasteiger charge is 2.09. The molecule has 1 radical (unpaired) electrons. The van der Waals surface area contributed by atoms with Gasteiger partial charge < -0.3 is 10.2 Å². The fourth-order valence-electron chi connectivity index (χ4n) is 1.53. The fourth-order valence-corrected chi connectivity index (χ4v) is 1.53. The van der Waals surface area contributed by atoms with Crippen LogP contribution in [0.2, 0.25) is 0 Å². The first kappa shape index (κ1) is 9.04. The second-order valence-corrected chi connectivity index (χ2v) is 3.24. The van der Waals surface area contributed by atoms with Crippen LogP contribution in [0.1, 0.15) is 5.56 Å². The molecule has 1 heterocycles. The zero-order valence-electron chi connectivity index (χ0n) is 7.90. The van der Waals surface area contributed by atoms with E-state index in [-0.39, 0.29) is 0 Å². The van der Waals surface area contributed by atoms with Gasteiger partial charge >= 0.3 is 0 Å². The molecule has 0 saturated carbocycles. The quantitative estimate of drug-likeness (QED) is 0.714. The Kier molecular flexibility index (Phi) is 2.66. The molecule has 0 unspecified atom stereocenters. The normalized spacial score (nSPS) is 16.4. The highest BCUT2D eigenvalue weighted by Crippen LogP contribution is 2.16. The summed E-state index contributed by atoms with van der Waals surface area (Å²) in [7, 11) is 0. The van der Waals surface area contributed by atoms with Crippen LogP contribution in [0.15, 0.2) is 24.3 Å². The van der Waals surface area contributed by atoms with Crippen LogP contribution in [0, 0.1) is 17.9 Å². The second-order valence-electron chi connectivity index (χ2n) is 3.24. The summed E-state index contributed by atoms with van der Waals surface area (Å²) >= 11 is 0. The minimum Gasteiger partial charge on any atom is -0.364 e. The first-order valence-electron chi connectivity index (χ1n) is 4.71. The monoisotopic (exact) mass is 186 g/mol. The summed E-state index contributed by atoms with van der Waals surface area (Å²) in [6, 6.07) is 9.79. The lowest BCUT2D eigenvalue weighted by Gasteiger charge is -2.28. The van der Waals surface area contributed by atoms with Crippen molar-refractivity contribution in [3.05, 3.63) is 36.4 Å². The summed E-state index contributed by atoms with van der Waals surface area (Å²) in [5.41, 5.74) is 1.87. The molecule has 1 aliphatic heterocycles. The molecule has 1 aliphatic rings. The Bertz CT molecular complexity index is 331. The van der Waals surface area contributed by atoms with Crippen LogP contribution in [0.25, 0.3) is 0 Å². The molecule has 14 heavy (non-hydrogen) atoms. The predicted molar refractivity (Wildman–Crippen MR) is 55.7 cm³/mol. The summed E-state index contributed by atoms with van der Waals surface area (Å²) < 4.78 is 0. The van der Waals surface area contributed by atoms with Crippen LogP contribution in [-0.2, 0) is 0 Å². The molecule has 1 N–H and O–H groups in total. The maximum atomic E-state index is 8.66. The largest absolute Gasteiger partial charge is 0.364 e. The Labute approximate surface area is 84.0 Å². The van der Waals surface area contributed by atoms with E-state index in [0.29, 0.717) is 5.56 Å². The summed E-state index contributed by atoms with van der Waals surface area (Å²) in [4.78, 5) is 2.21. The van der Waals surface area contributed by atoms with Crippen LogP contribution >= 0.6 is 0 Å². The first-order chi connectivity index (χ1) is 6.90. The van der Waals surface area contributed by atoms with Gasteiger partial charge in [-0.25, -0.2) is 0 Å².